The van der Waals surface area contributed by atoms with E-state index in [1.807, 2.05) is 0 Å². The van der Waals surface area contributed by atoms with Crippen LogP contribution in [0.25, 0.3) is 0 Å². The molecule has 0 atom stereocenters. The highest BCUT2D eigenvalue weighted by atomic mass is 32.2. The van der Waals surface area contributed by atoms with E-state index >= 15 is 0 Å². The van der Waals surface area contributed by atoms with Crippen molar-refractivity contribution in [3.05, 3.63) is 12.2 Å². The lowest BCUT2D eigenvalue weighted by Gasteiger charge is -1.85. The van der Waals surface area contributed by atoms with Crippen LogP contribution >= 0.6 is 0 Å². The van der Waals surface area contributed by atoms with Crippen molar-refractivity contribution in [2.75, 3.05) is 5.75 Å². The summed E-state index contributed by atoms with van der Waals surface area (Å²) in [5.74, 6) is -1.10. The van der Waals surface area contributed by atoms with Crippen molar-refractivity contribution >= 4 is 16.1 Å². The summed E-state index contributed by atoms with van der Waals surface area (Å²) in [6, 6.07) is 0. The predicted molar refractivity (Wildman–Crippen MR) is 43.7 cm³/mol. The van der Waals surface area contributed by atoms with Gasteiger partial charge in [0.05, 0.1) is 5.75 Å². The molecular formula is C6H11O6S. The average molecular weight is 211 g/mol. The van der Waals surface area contributed by atoms with Crippen molar-refractivity contribution in [3.8, 4) is 0 Å². The van der Waals surface area contributed by atoms with Crippen LogP contribution < -0.4 is 0 Å². The van der Waals surface area contributed by atoms with Crippen LogP contribution in [0, 0.1) is 0 Å². The van der Waals surface area contributed by atoms with Crippen molar-refractivity contribution in [3.63, 3.8) is 0 Å². The molecule has 0 saturated carbocycles. The monoisotopic (exact) mass is 211 g/mol. The largest absolute Gasteiger partial charge is 0.371 e. The number of carbonyl (C=O) groups is 1. The van der Waals surface area contributed by atoms with E-state index in [1.54, 1.807) is 0 Å². The molecule has 77 valence electrons. The Morgan fingerprint density at radius 3 is 1.85 bits per heavy atom. The zero-order chi connectivity index (χ0) is 11.1. The van der Waals surface area contributed by atoms with E-state index in [0.717, 1.165) is 0 Å². The van der Waals surface area contributed by atoms with E-state index in [4.69, 9.17) is 9.81 Å². The Bertz CT molecular complexity index is 265. The van der Waals surface area contributed by atoms with Gasteiger partial charge >= 0.3 is 5.97 Å². The maximum Gasteiger partial charge on any atom is 0.371 e. The van der Waals surface area contributed by atoms with Crippen molar-refractivity contribution in [2.45, 2.75) is 13.8 Å². The SMILES string of the molecule is C=C(C)C(=O)O[O].CCS(=O)(=O)O. The van der Waals surface area contributed by atoms with E-state index in [2.05, 4.69) is 11.5 Å². The molecule has 0 spiro atoms. The Morgan fingerprint density at radius 2 is 1.85 bits per heavy atom. The fourth-order valence-electron chi connectivity index (χ4n) is 0.0711. The maximum atomic E-state index is 9.88. The van der Waals surface area contributed by atoms with Crippen molar-refractivity contribution in [1.82, 2.24) is 0 Å². The van der Waals surface area contributed by atoms with Gasteiger partial charge in [-0.3, -0.25) is 9.44 Å². The van der Waals surface area contributed by atoms with Gasteiger partial charge in [-0.25, -0.2) is 4.79 Å². The minimum absolute atomic E-state index is 0.120. The van der Waals surface area contributed by atoms with Crippen LogP contribution in [0.2, 0.25) is 0 Å². The minimum Gasteiger partial charge on any atom is -0.286 e. The van der Waals surface area contributed by atoms with Gasteiger partial charge in [0.1, 0.15) is 0 Å². The molecule has 0 aliphatic heterocycles. The third-order valence-electron chi connectivity index (χ3n) is 0.789. The van der Waals surface area contributed by atoms with Gasteiger partial charge in [-0.2, -0.15) is 8.42 Å². The van der Waals surface area contributed by atoms with E-state index in [9.17, 15) is 13.2 Å². The summed E-state index contributed by atoms with van der Waals surface area (Å²) in [6.45, 7) is 5.92. The fourth-order valence-corrected chi connectivity index (χ4v) is 0.0711. The molecule has 0 saturated heterocycles. The highest BCUT2D eigenvalue weighted by molar-refractivity contribution is 7.85. The molecule has 0 unspecified atom stereocenters. The van der Waals surface area contributed by atoms with Crippen molar-refractivity contribution in [1.29, 1.82) is 0 Å². The minimum atomic E-state index is -3.66. The predicted octanol–water partition coefficient (Wildman–Crippen LogP) is 0.345. The molecular weight excluding hydrogens is 200 g/mol. The summed E-state index contributed by atoms with van der Waals surface area (Å²) in [6.07, 6.45) is 0. The van der Waals surface area contributed by atoms with Gasteiger partial charge in [0.25, 0.3) is 10.1 Å². The highest BCUT2D eigenvalue weighted by Gasteiger charge is 1.99. The van der Waals surface area contributed by atoms with Crippen molar-refractivity contribution < 1.29 is 27.9 Å². The molecule has 0 aromatic rings. The molecule has 0 fully saturated rings. The fraction of sp³-hybridized carbons (Fsp3) is 0.500. The summed E-state index contributed by atoms with van der Waals surface area (Å²) in [5, 5.41) is 9.16. The first-order chi connectivity index (χ1) is 5.74. The highest BCUT2D eigenvalue weighted by Crippen LogP contribution is 1.87. The van der Waals surface area contributed by atoms with Crippen molar-refractivity contribution in [2.24, 2.45) is 0 Å². The zero-order valence-electron chi connectivity index (χ0n) is 7.31. The number of hydrogen-bond acceptors (Lipinski definition) is 4. The Kier molecular flexibility index (Phi) is 7.39. The van der Waals surface area contributed by atoms with Gasteiger partial charge in [-0.15, -0.1) is 0 Å². The number of carbonyl (C=O) groups excluding carboxylic acids is 1. The molecule has 1 N–H and O–H groups in total. The van der Waals surface area contributed by atoms with Crippen LogP contribution in [0.15, 0.2) is 12.2 Å². The number of hydrogen-bond donors (Lipinski definition) is 1. The van der Waals surface area contributed by atoms with E-state index in [0.29, 0.717) is 0 Å². The Balaban J connectivity index is 0. The molecule has 0 aromatic heterocycles. The maximum absolute atomic E-state index is 9.88. The summed E-state index contributed by atoms with van der Waals surface area (Å²) < 4.78 is 26.9. The topological polar surface area (TPSA) is 101 Å². The molecule has 0 aromatic carbocycles. The van der Waals surface area contributed by atoms with Gasteiger partial charge in [-0.1, -0.05) is 6.58 Å². The second-order valence-corrected chi connectivity index (χ2v) is 3.76. The average Bonchev–Trinajstić information content (AvgIpc) is 2.02. The summed E-state index contributed by atoms with van der Waals surface area (Å²) in [7, 11) is -3.66. The van der Waals surface area contributed by atoms with Crippen LogP contribution in [-0.2, 0) is 25.1 Å². The third-order valence-corrected chi connectivity index (χ3v) is 1.52. The van der Waals surface area contributed by atoms with Crippen LogP contribution in [0.1, 0.15) is 13.8 Å². The normalized spacial score (nSPS) is 9.54. The second kappa shape index (κ2) is 6.58. The van der Waals surface area contributed by atoms with Gasteiger partial charge < -0.3 is 0 Å². The lowest BCUT2D eigenvalue weighted by atomic mass is 10.4. The first-order valence-electron chi connectivity index (χ1n) is 3.19. The van der Waals surface area contributed by atoms with E-state index in [1.165, 1.54) is 13.8 Å². The standard InChI is InChI=1S/C4H5O3.C2H6O3S/c1-3(2)4(5)7-6;1-2-6(3,4)5/h1H2,2H3;2H2,1H3,(H,3,4,5). The first kappa shape index (κ1) is 14.6. The summed E-state index contributed by atoms with van der Waals surface area (Å²) in [5.41, 5.74) is 0.120. The molecule has 6 nitrogen and oxygen atoms in total. The van der Waals surface area contributed by atoms with Crippen LogP contribution in [0.4, 0.5) is 0 Å². The summed E-state index contributed by atoms with van der Waals surface area (Å²) in [4.78, 5) is 12.9. The Morgan fingerprint density at radius 1 is 1.54 bits per heavy atom. The molecule has 0 heterocycles. The van der Waals surface area contributed by atoms with Gasteiger partial charge in [-0.05, 0) is 13.8 Å². The molecule has 1 radical (unpaired) electrons. The number of rotatable bonds is 2. The Hall–Kier alpha value is -0.920. The van der Waals surface area contributed by atoms with Crippen LogP contribution in [0.3, 0.4) is 0 Å². The molecule has 0 aliphatic carbocycles. The molecule has 13 heavy (non-hydrogen) atoms. The molecule has 0 amide bonds. The van der Waals surface area contributed by atoms with E-state index < -0.39 is 16.1 Å². The summed E-state index contributed by atoms with van der Waals surface area (Å²) >= 11 is 0. The molecule has 0 rings (SSSR count). The van der Waals surface area contributed by atoms with E-state index in [-0.39, 0.29) is 11.3 Å². The third kappa shape index (κ3) is 14.0. The van der Waals surface area contributed by atoms with Crippen LogP contribution in [0.5, 0.6) is 0 Å². The smallest absolute Gasteiger partial charge is 0.286 e. The Labute approximate surface area is 76.5 Å². The quantitative estimate of drug-likeness (QED) is 0.307. The lowest BCUT2D eigenvalue weighted by Crippen LogP contribution is -1.98. The second-order valence-electron chi connectivity index (χ2n) is 2.02. The molecule has 0 aliphatic rings. The lowest BCUT2D eigenvalue weighted by molar-refractivity contribution is -0.274. The molecule has 0 bridgehead atoms. The first-order valence-corrected chi connectivity index (χ1v) is 4.80. The van der Waals surface area contributed by atoms with Gasteiger partial charge in [0.2, 0.25) is 0 Å². The van der Waals surface area contributed by atoms with Gasteiger partial charge in [0.15, 0.2) is 0 Å². The zero-order valence-corrected chi connectivity index (χ0v) is 8.13. The molecule has 7 heteroatoms. The van der Waals surface area contributed by atoms with Crippen LogP contribution in [-0.4, -0.2) is 24.7 Å². The van der Waals surface area contributed by atoms with Gasteiger partial charge in [0, 0.05) is 10.8 Å².